The lowest BCUT2D eigenvalue weighted by Crippen LogP contribution is -2.22. The van der Waals surface area contributed by atoms with Crippen LogP contribution in [0.15, 0.2) is 0 Å². The van der Waals surface area contributed by atoms with Crippen LogP contribution in [0.4, 0.5) is 0 Å². The highest BCUT2D eigenvalue weighted by Crippen LogP contribution is 2.23. The van der Waals surface area contributed by atoms with E-state index in [1.165, 1.54) is 0 Å². The van der Waals surface area contributed by atoms with Crippen molar-refractivity contribution in [3.8, 4) is 0 Å². The molecule has 0 radical (unpaired) electrons. The zero-order valence-electron chi connectivity index (χ0n) is 6.15. The molecule has 0 aromatic carbocycles. The van der Waals surface area contributed by atoms with Gasteiger partial charge >= 0.3 is 0 Å². The number of halogens is 1. The van der Waals surface area contributed by atoms with Crippen LogP contribution in [0.3, 0.4) is 0 Å². The zero-order chi connectivity index (χ0) is 7.33. The molecule has 0 fully saturated rings. The molecular formula is C7H15ClO. The van der Waals surface area contributed by atoms with Crippen LogP contribution in [0.25, 0.3) is 0 Å². The summed E-state index contributed by atoms with van der Waals surface area (Å²) in [7, 11) is 0. The topological polar surface area (TPSA) is 20.2 Å². The summed E-state index contributed by atoms with van der Waals surface area (Å²) in [5.41, 5.74) is -0.0453. The fraction of sp³-hybridized carbons (Fsp3) is 1.00. The monoisotopic (exact) mass is 150 g/mol. The summed E-state index contributed by atoms with van der Waals surface area (Å²) in [6.07, 6.45) is 2.09. The van der Waals surface area contributed by atoms with Gasteiger partial charge in [-0.05, 0) is 6.42 Å². The average Bonchev–Trinajstić information content (AvgIpc) is 1.89. The van der Waals surface area contributed by atoms with E-state index in [-0.39, 0.29) is 12.0 Å². The summed E-state index contributed by atoms with van der Waals surface area (Å²) in [5.74, 6) is 0.553. The van der Waals surface area contributed by atoms with Gasteiger partial charge < -0.3 is 5.11 Å². The van der Waals surface area contributed by atoms with E-state index in [1.807, 2.05) is 6.92 Å². The molecule has 0 amide bonds. The third kappa shape index (κ3) is 3.07. The van der Waals surface area contributed by atoms with Crippen LogP contribution in [0.5, 0.6) is 0 Å². The minimum atomic E-state index is -0.0453. The van der Waals surface area contributed by atoms with Gasteiger partial charge in [0.2, 0.25) is 0 Å². The molecule has 1 atom stereocenters. The molecule has 0 aliphatic carbocycles. The Hall–Kier alpha value is 0.250. The summed E-state index contributed by atoms with van der Waals surface area (Å²) in [4.78, 5) is 0. The van der Waals surface area contributed by atoms with Crippen LogP contribution in [-0.2, 0) is 0 Å². The lowest BCUT2D eigenvalue weighted by atomic mass is 9.89. The minimum absolute atomic E-state index is 0.0453. The van der Waals surface area contributed by atoms with Crippen molar-refractivity contribution >= 4 is 11.6 Å². The molecule has 0 rings (SSSR count). The molecule has 0 aliphatic rings. The van der Waals surface area contributed by atoms with Crippen LogP contribution in [0.2, 0.25) is 0 Å². The second-order valence-electron chi connectivity index (χ2n) is 2.85. The van der Waals surface area contributed by atoms with E-state index in [1.54, 1.807) is 0 Å². The van der Waals surface area contributed by atoms with Gasteiger partial charge in [0.1, 0.15) is 0 Å². The predicted octanol–water partition coefficient (Wildman–Crippen LogP) is 2.02. The molecular weight excluding hydrogens is 136 g/mol. The van der Waals surface area contributed by atoms with E-state index >= 15 is 0 Å². The molecule has 1 unspecified atom stereocenters. The molecule has 1 N–H and O–H groups in total. The fourth-order valence-corrected chi connectivity index (χ4v) is 1.01. The molecule has 0 saturated heterocycles. The number of aliphatic hydroxyl groups is 1. The maximum absolute atomic E-state index is 8.83. The molecule has 0 aromatic heterocycles. The van der Waals surface area contributed by atoms with Crippen molar-refractivity contribution in [2.45, 2.75) is 26.7 Å². The summed E-state index contributed by atoms with van der Waals surface area (Å²) in [6, 6.07) is 0. The smallest absolute Gasteiger partial charge is 0.0496 e. The first-order valence-electron chi connectivity index (χ1n) is 3.35. The maximum Gasteiger partial charge on any atom is 0.0496 e. The van der Waals surface area contributed by atoms with E-state index in [4.69, 9.17) is 16.7 Å². The Morgan fingerprint density at radius 1 is 1.56 bits per heavy atom. The first-order valence-corrected chi connectivity index (χ1v) is 3.89. The molecule has 1 nitrogen and oxygen atoms in total. The van der Waals surface area contributed by atoms with Gasteiger partial charge in [0.05, 0.1) is 0 Å². The van der Waals surface area contributed by atoms with Gasteiger partial charge in [0, 0.05) is 17.9 Å². The van der Waals surface area contributed by atoms with Gasteiger partial charge in [-0.2, -0.15) is 0 Å². The lowest BCUT2D eigenvalue weighted by Gasteiger charge is -2.22. The van der Waals surface area contributed by atoms with Gasteiger partial charge in [0.25, 0.3) is 0 Å². The summed E-state index contributed by atoms with van der Waals surface area (Å²) >= 11 is 5.63. The second-order valence-corrected chi connectivity index (χ2v) is 3.12. The van der Waals surface area contributed by atoms with Gasteiger partial charge in [-0.15, -0.1) is 11.6 Å². The van der Waals surface area contributed by atoms with Gasteiger partial charge in [-0.25, -0.2) is 0 Å². The molecule has 0 aliphatic heterocycles. The van der Waals surface area contributed by atoms with E-state index < -0.39 is 0 Å². The predicted molar refractivity (Wildman–Crippen MR) is 40.8 cm³/mol. The molecule has 0 aromatic rings. The largest absolute Gasteiger partial charge is 0.396 e. The summed E-state index contributed by atoms with van der Waals surface area (Å²) < 4.78 is 0. The Balaban J connectivity index is 3.62. The summed E-state index contributed by atoms with van der Waals surface area (Å²) in [5, 5.41) is 8.83. The molecule has 0 spiro atoms. The first-order chi connectivity index (χ1) is 4.18. The fourth-order valence-electron chi connectivity index (χ4n) is 0.792. The Morgan fingerprint density at radius 3 is 2.22 bits per heavy atom. The van der Waals surface area contributed by atoms with Crippen LogP contribution in [0.1, 0.15) is 26.7 Å². The molecule has 2 heteroatoms. The maximum atomic E-state index is 8.83. The first kappa shape index (κ1) is 9.25. The van der Waals surface area contributed by atoms with Crippen molar-refractivity contribution in [3.05, 3.63) is 0 Å². The van der Waals surface area contributed by atoms with Crippen molar-refractivity contribution in [2.75, 3.05) is 12.5 Å². The molecule has 0 heterocycles. The highest BCUT2D eigenvalue weighted by Gasteiger charge is 2.20. The van der Waals surface area contributed by atoms with Crippen molar-refractivity contribution in [3.63, 3.8) is 0 Å². The van der Waals surface area contributed by atoms with E-state index in [2.05, 4.69) is 6.92 Å². The number of alkyl halides is 1. The van der Waals surface area contributed by atoms with Crippen molar-refractivity contribution in [1.82, 2.24) is 0 Å². The third-order valence-corrected chi connectivity index (χ3v) is 2.20. The second kappa shape index (κ2) is 4.13. The van der Waals surface area contributed by atoms with Gasteiger partial charge in [-0.1, -0.05) is 20.3 Å². The average molecular weight is 151 g/mol. The number of rotatable bonds is 4. The summed E-state index contributed by atoms with van der Waals surface area (Å²) in [6.45, 7) is 4.30. The van der Waals surface area contributed by atoms with E-state index in [9.17, 15) is 0 Å². The molecule has 9 heavy (non-hydrogen) atoms. The minimum Gasteiger partial charge on any atom is -0.396 e. The van der Waals surface area contributed by atoms with Crippen molar-refractivity contribution in [2.24, 2.45) is 5.41 Å². The van der Waals surface area contributed by atoms with E-state index in [0.717, 1.165) is 12.8 Å². The van der Waals surface area contributed by atoms with Crippen LogP contribution >= 0.6 is 11.6 Å². The van der Waals surface area contributed by atoms with Gasteiger partial charge in [-0.3, -0.25) is 0 Å². The van der Waals surface area contributed by atoms with Crippen molar-refractivity contribution < 1.29 is 5.11 Å². The molecule has 0 bridgehead atoms. The van der Waals surface area contributed by atoms with E-state index in [0.29, 0.717) is 5.88 Å². The standard InChI is InChI=1S/C7H15ClO/c1-3-4-7(2,5-8)6-9/h9H,3-6H2,1-2H3. The molecule has 0 saturated carbocycles. The van der Waals surface area contributed by atoms with Crippen LogP contribution in [0, 0.1) is 5.41 Å². The van der Waals surface area contributed by atoms with Crippen LogP contribution in [-0.4, -0.2) is 17.6 Å². The Bertz CT molecular complexity index is 69.3. The Kier molecular flexibility index (Phi) is 4.24. The highest BCUT2D eigenvalue weighted by atomic mass is 35.5. The quantitative estimate of drug-likeness (QED) is 0.608. The number of aliphatic hydroxyl groups excluding tert-OH is 1. The Morgan fingerprint density at radius 2 is 2.11 bits per heavy atom. The van der Waals surface area contributed by atoms with Gasteiger partial charge in [0.15, 0.2) is 0 Å². The zero-order valence-corrected chi connectivity index (χ0v) is 6.91. The molecule has 56 valence electrons. The highest BCUT2D eigenvalue weighted by molar-refractivity contribution is 6.18. The Labute approximate surface area is 62.0 Å². The number of hydrogen-bond acceptors (Lipinski definition) is 1. The van der Waals surface area contributed by atoms with Crippen molar-refractivity contribution in [1.29, 1.82) is 0 Å². The third-order valence-electron chi connectivity index (χ3n) is 1.56. The van der Waals surface area contributed by atoms with Crippen LogP contribution < -0.4 is 0 Å². The lowest BCUT2D eigenvalue weighted by molar-refractivity contribution is 0.152. The normalized spacial score (nSPS) is 17.3. The SMILES string of the molecule is CCCC(C)(CO)CCl. The number of hydrogen-bond donors (Lipinski definition) is 1.